The largest absolute Gasteiger partial charge is 0.491 e. The molecule has 1 unspecified atom stereocenters. The Morgan fingerprint density at radius 2 is 1.50 bits per heavy atom. The van der Waals surface area contributed by atoms with Gasteiger partial charge in [-0.1, -0.05) is 78.2 Å². The number of H-pyrrole nitrogens is 1. The molecular weight excluding hydrogens is 1020 g/mol. The van der Waals surface area contributed by atoms with Crippen LogP contribution < -0.4 is 31.9 Å². The number of hydrogen-bond acceptors (Lipinski definition) is 14. The first-order valence-electron chi connectivity index (χ1n) is 27.0. The molecule has 0 saturated carbocycles. The number of allylic oxidation sites excluding steroid dienone is 1. The van der Waals surface area contributed by atoms with Crippen LogP contribution >= 0.6 is 0 Å². The normalized spacial score (nSPS) is 20.2. The number of nitrogens with zero attached hydrogens (tertiary/aromatic N) is 2. The maximum absolute atomic E-state index is 14.2. The zero-order valence-corrected chi connectivity index (χ0v) is 45.3. The Morgan fingerprint density at radius 1 is 0.821 bits per heavy atom. The van der Waals surface area contributed by atoms with E-state index in [1.807, 2.05) is 41.5 Å². The minimum absolute atomic E-state index is 0.0161. The summed E-state index contributed by atoms with van der Waals surface area (Å²) in [7, 11) is 0. The van der Waals surface area contributed by atoms with E-state index in [2.05, 4.69) is 41.6 Å². The number of para-hydroxylation sites is 1. The molecule has 5 rings (SSSR count). The second-order valence-corrected chi connectivity index (χ2v) is 20.9. The number of ether oxygens (including phenoxy) is 2. The molecule has 21 nitrogen and oxygen atoms in total. The van der Waals surface area contributed by atoms with Crippen molar-refractivity contribution in [1.29, 1.82) is 0 Å². The topological polar surface area (TPSA) is 284 Å². The fourth-order valence-electron chi connectivity index (χ4n) is 9.94. The molecule has 4 heterocycles. The zero-order chi connectivity index (χ0) is 57.3. The Labute approximate surface area is 452 Å². The van der Waals surface area contributed by atoms with E-state index in [1.165, 1.54) is 6.08 Å². The highest BCUT2D eigenvalue weighted by Gasteiger charge is 2.46. The van der Waals surface area contributed by atoms with Crippen LogP contribution in [0.1, 0.15) is 124 Å². The van der Waals surface area contributed by atoms with Crippen LogP contribution in [0.5, 0.6) is 0 Å². The number of hydrogen-bond donors (Lipinski definition) is 7. The van der Waals surface area contributed by atoms with Gasteiger partial charge >= 0.3 is 24.1 Å². The first-order chi connectivity index (χ1) is 37.0. The van der Waals surface area contributed by atoms with Crippen molar-refractivity contribution >= 4 is 70.0 Å². The lowest BCUT2D eigenvalue weighted by Crippen LogP contribution is -2.59. The summed E-state index contributed by atoms with van der Waals surface area (Å²) in [6, 6.07) is -0.753. The summed E-state index contributed by atoms with van der Waals surface area (Å²) >= 11 is 0. The molecule has 3 saturated heterocycles. The number of benzene rings is 1. The van der Waals surface area contributed by atoms with Crippen molar-refractivity contribution in [2.75, 3.05) is 26.4 Å². The number of aromatic nitrogens is 1. The molecule has 0 aliphatic carbocycles. The molecule has 1 aromatic heterocycles. The van der Waals surface area contributed by atoms with Gasteiger partial charge in [-0.15, -0.1) is 0 Å². The average molecular weight is 1100 g/mol. The quantitative estimate of drug-likeness (QED) is 0.0384. The van der Waals surface area contributed by atoms with Crippen molar-refractivity contribution < 1.29 is 70.6 Å². The lowest BCUT2D eigenvalue weighted by atomic mass is 9.96. The number of likely N-dealkylation sites (tertiary alicyclic amines) is 2. The maximum atomic E-state index is 14.2. The number of unbranched alkanes of at least 4 members (excludes halogenated alkanes) is 1. The molecule has 3 fully saturated rings. The molecule has 6 amide bonds. The van der Waals surface area contributed by atoms with Gasteiger partial charge in [0.15, 0.2) is 0 Å². The number of esters is 3. The number of carbonyl (C=O) groups is 10. The van der Waals surface area contributed by atoms with E-state index in [4.69, 9.17) is 4.74 Å². The highest BCUT2D eigenvalue weighted by Crippen LogP contribution is 2.26. The first-order valence-corrected chi connectivity index (χ1v) is 27.0. The Kier molecular flexibility index (Phi) is 23.4. The zero-order valence-electron chi connectivity index (χ0n) is 45.3. The lowest BCUT2D eigenvalue weighted by Gasteiger charge is -2.30. The van der Waals surface area contributed by atoms with Gasteiger partial charge in [0.05, 0.1) is 18.6 Å². The molecular formula is C54H76F3N9O12. The van der Waals surface area contributed by atoms with Gasteiger partial charge in [-0.05, 0) is 81.8 Å². The second kappa shape index (κ2) is 29.3. The van der Waals surface area contributed by atoms with Crippen LogP contribution in [0.2, 0.25) is 0 Å². The number of nitrogens with one attached hydrogen (secondary N) is 7. The monoisotopic (exact) mass is 1100 g/mol. The van der Waals surface area contributed by atoms with Crippen molar-refractivity contribution in [3.05, 3.63) is 48.2 Å². The molecule has 3 aliphatic heterocycles. The van der Waals surface area contributed by atoms with E-state index in [0.717, 1.165) is 28.3 Å². The third-order valence-electron chi connectivity index (χ3n) is 14.3. The van der Waals surface area contributed by atoms with Crippen molar-refractivity contribution in [3.63, 3.8) is 0 Å². The van der Waals surface area contributed by atoms with Gasteiger partial charge in [0.25, 0.3) is 0 Å². The maximum Gasteiger partial charge on any atom is 0.491 e. The predicted octanol–water partition coefficient (Wildman–Crippen LogP) is 3.29. The number of amides is 6. The van der Waals surface area contributed by atoms with Crippen molar-refractivity contribution in [2.24, 2.45) is 11.8 Å². The molecule has 430 valence electrons. The summed E-state index contributed by atoms with van der Waals surface area (Å²) in [5.41, 5.74) is 1.35. The summed E-state index contributed by atoms with van der Waals surface area (Å²) in [5.74, 6) is -8.75. The van der Waals surface area contributed by atoms with Gasteiger partial charge in [-0.2, -0.15) is 13.2 Å². The molecule has 24 heteroatoms. The van der Waals surface area contributed by atoms with Gasteiger partial charge in [-0.25, -0.2) is 14.4 Å². The minimum atomic E-state index is -5.44. The molecule has 0 bridgehead atoms. The first kappa shape index (κ1) is 62.2. The van der Waals surface area contributed by atoms with Crippen LogP contribution in [0.25, 0.3) is 10.9 Å². The fraction of sp³-hybridized carbons (Fsp3) is 0.630. The van der Waals surface area contributed by atoms with E-state index in [9.17, 15) is 61.1 Å². The van der Waals surface area contributed by atoms with Gasteiger partial charge in [-0.3, -0.25) is 43.8 Å². The summed E-state index contributed by atoms with van der Waals surface area (Å²) in [4.78, 5) is 138. The highest BCUT2D eigenvalue weighted by atomic mass is 19.4. The number of alkyl halides is 3. The molecule has 78 heavy (non-hydrogen) atoms. The van der Waals surface area contributed by atoms with E-state index in [0.29, 0.717) is 50.1 Å². The van der Waals surface area contributed by atoms with Gasteiger partial charge in [0.1, 0.15) is 42.7 Å². The van der Waals surface area contributed by atoms with Crippen molar-refractivity contribution in [1.82, 2.24) is 46.7 Å². The van der Waals surface area contributed by atoms with Gasteiger partial charge in [0.2, 0.25) is 35.4 Å². The Balaban J connectivity index is 1.23. The third kappa shape index (κ3) is 17.9. The molecule has 9 atom stereocenters. The van der Waals surface area contributed by atoms with Crippen molar-refractivity contribution in [3.8, 4) is 0 Å². The molecule has 7 N–H and O–H groups in total. The second-order valence-electron chi connectivity index (χ2n) is 20.9. The average Bonchev–Trinajstić information content (AvgIpc) is 4.24. The van der Waals surface area contributed by atoms with Crippen molar-refractivity contribution in [2.45, 2.75) is 180 Å². The van der Waals surface area contributed by atoms with Gasteiger partial charge < -0.3 is 45.9 Å². The highest BCUT2D eigenvalue weighted by molar-refractivity contribution is 5.98. The smallest absolute Gasteiger partial charge is 0.446 e. The number of rotatable bonds is 27. The Bertz CT molecular complexity index is 2500. The van der Waals surface area contributed by atoms with Crippen LogP contribution in [-0.4, -0.2) is 155 Å². The van der Waals surface area contributed by atoms with Crippen LogP contribution in [0.4, 0.5) is 13.2 Å². The summed E-state index contributed by atoms with van der Waals surface area (Å²) in [6.45, 7) is 11.6. The summed E-state index contributed by atoms with van der Waals surface area (Å²) in [5, 5.41) is 17.7. The Hall–Kier alpha value is -6.69. The van der Waals surface area contributed by atoms with Crippen LogP contribution in [-0.2, 0) is 63.8 Å². The number of fused-ring (bicyclic) bond motifs is 1. The van der Waals surface area contributed by atoms with E-state index in [1.54, 1.807) is 35.4 Å². The number of aromatic amines is 1. The standard InChI is InChI=1S/C54H76F3N9O12/c1-7-9-17-38(47(70)64-45(32(5)8-2)50(73)60-33(6)25-31(3)4)61-46(69)39(62-48(71)40-27-35(67)29-59-40)19-12-13-22-44(68)77-30-65-23-14-20-42(65)49(72)63-41(26-34-28-58-37-18-11-10-16-36(34)37)51(74)66-24-15-21-43(66)52(75)78-53(76)54(55,56)57/h10-11,13,16,18,22,28,31-33,38-43,45,58-59H,7-9,12,14-15,17,19-21,23-27,29-30H2,1-6H3,(H,60,73)(H,61,69)(H,62,71)(H,63,72)(H,64,70)/b22-13+/t32?,33-,38-,39-,40-,41-,42-,43-,45-/m0/s1. The molecule has 2 aromatic rings. The van der Waals surface area contributed by atoms with Crippen LogP contribution in [0.15, 0.2) is 42.6 Å². The summed E-state index contributed by atoms with van der Waals surface area (Å²) in [6.07, 6.45) is 2.34. The van der Waals surface area contributed by atoms with Gasteiger partial charge in [0, 0.05) is 55.1 Å². The number of ketones is 1. The Morgan fingerprint density at radius 3 is 2.18 bits per heavy atom. The number of carbonyl (C=O) groups excluding carboxylic acids is 10. The number of Topliss-reactive ketones (excluding diaryl/α,β-unsaturated/α-hetero) is 1. The van der Waals surface area contributed by atoms with E-state index < -0.39 is 95.9 Å². The SMILES string of the molecule is CCCC[C@H](NC(=O)[C@H](CC/C=C/C(=O)OCN1CCC[C@H]1C(=O)N[C@@H](Cc1c[nH]c2ccccc12)C(=O)N1CCC[C@H]1C(=O)OC(=O)C(F)(F)F)NC(=O)[C@@H]1CC(=O)CN1)C(=O)N[C@H](C(=O)N[C@@H](C)CC(C)C)C(C)CC. The van der Waals surface area contributed by atoms with Crippen LogP contribution in [0, 0.1) is 11.8 Å². The third-order valence-corrected chi connectivity index (χ3v) is 14.3. The molecule has 0 spiro atoms. The van der Waals surface area contributed by atoms with Crippen LogP contribution in [0.3, 0.4) is 0 Å². The minimum Gasteiger partial charge on any atom is -0.446 e. The summed E-state index contributed by atoms with van der Waals surface area (Å²) < 4.78 is 48.6. The fourth-order valence-corrected chi connectivity index (χ4v) is 9.94. The number of halogens is 3. The molecule has 0 radical (unpaired) electrons. The lowest BCUT2D eigenvalue weighted by molar-refractivity contribution is -0.203. The molecule has 1 aromatic carbocycles. The predicted molar refractivity (Wildman–Crippen MR) is 278 cm³/mol. The van der Waals surface area contributed by atoms with E-state index >= 15 is 0 Å². The van der Waals surface area contributed by atoms with E-state index in [-0.39, 0.29) is 88.4 Å². The molecule has 3 aliphatic rings.